The maximum Gasteiger partial charge on any atom is 0.269 e. The van der Waals surface area contributed by atoms with E-state index in [4.69, 9.17) is 9.47 Å². The van der Waals surface area contributed by atoms with E-state index in [0.29, 0.717) is 19.0 Å². The average molecular weight is 398 g/mol. The zero-order chi connectivity index (χ0) is 21.2. The molecule has 0 fully saturated rings. The molecule has 0 aliphatic heterocycles. The first-order valence-corrected chi connectivity index (χ1v) is 9.09. The number of nitrogens with zero attached hydrogens (tertiary/aromatic N) is 2. The van der Waals surface area contributed by atoms with Crippen LogP contribution in [0.1, 0.15) is 24.1 Å². The molecule has 0 bridgehead atoms. The predicted molar refractivity (Wildman–Crippen MR) is 114 cm³/mol. The highest BCUT2D eigenvalue weighted by atomic mass is 16.6. The Bertz CT molecular complexity index is 865. The number of ether oxygens (including phenoxy) is 2. The highest BCUT2D eigenvalue weighted by Crippen LogP contribution is 2.29. The van der Waals surface area contributed by atoms with Crippen molar-refractivity contribution in [3.8, 4) is 11.5 Å². The minimum atomic E-state index is -0.422. The van der Waals surface area contributed by atoms with Crippen molar-refractivity contribution in [2.45, 2.75) is 19.5 Å². The van der Waals surface area contributed by atoms with Crippen molar-refractivity contribution in [2.75, 3.05) is 20.8 Å². The average Bonchev–Trinajstić information content (AvgIpc) is 2.75. The van der Waals surface area contributed by atoms with E-state index in [9.17, 15) is 10.1 Å². The predicted octanol–water partition coefficient (Wildman–Crippen LogP) is 3.59. The van der Waals surface area contributed by atoms with Crippen LogP contribution in [0.25, 0.3) is 0 Å². The van der Waals surface area contributed by atoms with Crippen LogP contribution < -0.4 is 20.1 Å². The van der Waals surface area contributed by atoms with Gasteiger partial charge in [-0.3, -0.25) is 10.1 Å². The fourth-order valence-corrected chi connectivity index (χ4v) is 2.68. The van der Waals surface area contributed by atoms with Gasteiger partial charge in [-0.05, 0) is 30.7 Å². The molecule has 2 aromatic rings. The Morgan fingerprint density at radius 1 is 1.24 bits per heavy atom. The van der Waals surface area contributed by atoms with Crippen LogP contribution in [0.4, 0.5) is 5.69 Å². The quantitative estimate of drug-likeness (QED) is 0.220. The highest BCUT2D eigenvalue weighted by molar-refractivity contribution is 5.80. The van der Waals surface area contributed by atoms with Crippen LogP contribution in [0.3, 0.4) is 0 Å². The standard InChI is InChI=1S/C21H26N4O4/c1-5-12-22-21(23-14-16-6-8-17(9-7-16)25(26)27)24-15(2)19-13-18(28-3)10-11-20(19)29-4/h5-11,13,15H,1,12,14H2,2-4H3,(H2,22,23,24). The molecule has 0 aliphatic carbocycles. The van der Waals surface area contributed by atoms with E-state index in [0.717, 1.165) is 22.6 Å². The maximum absolute atomic E-state index is 10.8. The second kappa shape index (κ2) is 10.7. The van der Waals surface area contributed by atoms with E-state index in [1.54, 1.807) is 32.4 Å². The van der Waals surface area contributed by atoms with Gasteiger partial charge in [0, 0.05) is 24.2 Å². The Labute approximate surface area is 170 Å². The minimum Gasteiger partial charge on any atom is -0.497 e. The minimum absolute atomic E-state index is 0.0552. The Morgan fingerprint density at radius 2 is 1.97 bits per heavy atom. The second-order valence-electron chi connectivity index (χ2n) is 6.23. The van der Waals surface area contributed by atoms with Gasteiger partial charge in [0.05, 0.1) is 31.7 Å². The summed E-state index contributed by atoms with van der Waals surface area (Å²) in [4.78, 5) is 14.9. The van der Waals surface area contributed by atoms with E-state index in [1.807, 2.05) is 25.1 Å². The molecule has 8 nitrogen and oxygen atoms in total. The SMILES string of the molecule is C=CCNC(=NCc1ccc([N+](=O)[O-])cc1)NC(C)c1cc(OC)ccc1OC. The van der Waals surface area contributed by atoms with Crippen LogP contribution in [0.5, 0.6) is 11.5 Å². The zero-order valence-electron chi connectivity index (χ0n) is 16.8. The Hall–Kier alpha value is -3.55. The number of methoxy groups -OCH3 is 2. The van der Waals surface area contributed by atoms with Crippen molar-refractivity contribution in [1.29, 1.82) is 0 Å². The monoisotopic (exact) mass is 398 g/mol. The first-order chi connectivity index (χ1) is 14.0. The third-order valence-electron chi connectivity index (χ3n) is 4.24. The molecule has 0 radical (unpaired) electrons. The summed E-state index contributed by atoms with van der Waals surface area (Å²) < 4.78 is 10.8. The van der Waals surface area contributed by atoms with E-state index in [2.05, 4.69) is 22.2 Å². The molecule has 0 aliphatic rings. The van der Waals surface area contributed by atoms with Gasteiger partial charge in [0.25, 0.3) is 5.69 Å². The van der Waals surface area contributed by atoms with Crippen LogP contribution in [0.2, 0.25) is 0 Å². The van der Waals surface area contributed by atoms with E-state index in [1.165, 1.54) is 12.1 Å². The van der Waals surface area contributed by atoms with Gasteiger partial charge in [-0.15, -0.1) is 6.58 Å². The fourth-order valence-electron chi connectivity index (χ4n) is 2.68. The van der Waals surface area contributed by atoms with Crippen LogP contribution in [-0.4, -0.2) is 31.6 Å². The van der Waals surface area contributed by atoms with Gasteiger partial charge in [0.15, 0.2) is 5.96 Å². The summed E-state index contributed by atoms with van der Waals surface area (Å²) in [5.41, 5.74) is 1.84. The third kappa shape index (κ3) is 6.24. The number of benzene rings is 2. The van der Waals surface area contributed by atoms with Gasteiger partial charge in [0.2, 0.25) is 0 Å². The number of nitro benzene ring substituents is 1. The lowest BCUT2D eigenvalue weighted by atomic mass is 10.1. The molecule has 2 aromatic carbocycles. The third-order valence-corrected chi connectivity index (χ3v) is 4.24. The first-order valence-electron chi connectivity index (χ1n) is 9.09. The molecule has 2 rings (SSSR count). The fraction of sp³-hybridized carbons (Fsp3) is 0.286. The lowest BCUT2D eigenvalue weighted by molar-refractivity contribution is -0.384. The summed E-state index contributed by atoms with van der Waals surface area (Å²) in [6, 6.07) is 11.8. The summed E-state index contributed by atoms with van der Waals surface area (Å²) in [7, 11) is 3.24. The summed E-state index contributed by atoms with van der Waals surface area (Å²) in [6.45, 7) is 6.62. The summed E-state index contributed by atoms with van der Waals surface area (Å²) >= 11 is 0. The van der Waals surface area contributed by atoms with Crippen LogP contribution in [0, 0.1) is 10.1 Å². The number of aliphatic imine (C=N–C) groups is 1. The maximum atomic E-state index is 10.8. The van der Waals surface area contributed by atoms with Crippen molar-refractivity contribution in [3.63, 3.8) is 0 Å². The molecule has 1 unspecified atom stereocenters. The van der Waals surface area contributed by atoms with E-state index >= 15 is 0 Å². The smallest absolute Gasteiger partial charge is 0.269 e. The molecule has 154 valence electrons. The van der Waals surface area contributed by atoms with Crippen molar-refractivity contribution >= 4 is 11.6 Å². The van der Waals surface area contributed by atoms with Crippen LogP contribution in [0.15, 0.2) is 60.1 Å². The van der Waals surface area contributed by atoms with Crippen molar-refractivity contribution in [1.82, 2.24) is 10.6 Å². The van der Waals surface area contributed by atoms with Crippen LogP contribution in [-0.2, 0) is 6.54 Å². The van der Waals surface area contributed by atoms with Gasteiger partial charge in [-0.2, -0.15) is 0 Å². The molecule has 0 saturated heterocycles. The zero-order valence-corrected chi connectivity index (χ0v) is 16.8. The molecule has 0 aromatic heterocycles. The number of hydrogen-bond donors (Lipinski definition) is 2. The molecule has 2 N–H and O–H groups in total. The molecule has 8 heteroatoms. The molecular formula is C21H26N4O4. The number of nitro groups is 1. The number of non-ortho nitro benzene ring substituents is 1. The van der Waals surface area contributed by atoms with Crippen molar-refractivity contribution in [2.24, 2.45) is 4.99 Å². The first kappa shape index (κ1) is 21.7. The number of hydrogen-bond acceptors (Lipinski definition) is 5. The largest absolute Gasteiger partial charge is 0.497 e. The van der Waals surface area contributed by atoms with Gasteiger partial charge >= 0.3 is 0 Å². The molecule has 0 spiro atoms. The second-order valence-corrected chi connectivity index (χ2v) is 6.23. The number of rotatable bonds is 9. The molecular weight excluding hydrogens is 372 g/mol. The lowest BCUT2D eigenvalue weighted by Gasteiger charge is -2.21. The van der Waals surface area contributed by atoms with E-state index in [-0.39, 0.29) is 11.7 Å². The summed E-state index contributed by atoms with van der Waals surface area (Å²) in [6.07, 6.45) is 1.74. The van der Waals surface area contributed by atoms with Crippen LogP contribution >= 0.6 is 0 Å². The van der Waals surface area contributed by atoms with Crippen molar-refractivity contribution in [3.05, 3.63) is 76.4 Å². The summed E-state index contributed by atoms with van der Waals surface area (Å²) in [5.74, 6) is 2.06. The molecule has 1 atom stereocenters. The Morgan fingerprint density at radius 3 is 2.55 bits per heavy atom. The Balaban J connectivity index is 2.18. The summed E-state index contributed by atoms with van der Waals surface area (Å²) in [5, 5.41) is 17.3. The van der Waals surface area contributed by atoms with E-state index < -0.39 is 4.92 Å². The molecule has 0 heterocycles. The van der Waals surface area contributed by atoms with Gasteiger partial charge in [-0.1, -0.05) is 18.2 Å². The number of guanidine groups is 1. The molecule has 29 heavy (non-hydrogen) atoms. The van der Waals surface area contributed by atoms with Gasteiger partial charge in [0.1, 0.15) is 11.5 Å². The normalized spacial score (nSPS) is 12.0. The number of nitrogens with one attached hydrogen (secondary N) is 2. The topological polar surface area (TPSA) is 98.0 Å². The molecule has 0 amide bonds. The lowest BCUT2D eigenvalue weighted by Crippen LogP contribution is -2.39. The Kier molecular flexibility index (Phi) is 8.02. The molecule has 0 saturated carbocycles. The highest BCUT2D eigenvalue weighted by Gasteiger charge is 2.14. The van der Waals surface area contributed by atoms with Gasteiger partial charge < -0.3 is 20.1 Å². The van der Waals surface area contributed by atoms with Crippen molar-refractivity contribution < 1.29 is 14.4 Å². The van der Waals surface area contributed by atoms with Gasteiger partial charge in [-0.25, -0.2) is 4.99 Å².